The van der Waals surface area contributed by atoms with Gasteiger partial charge in [-0.1, -0.05) is 0 Å². The number of nitrogens with one attached hydrogen (secondary N) is 1. The third kappa shape index (κ3) is 4.92. The second-order valence-electron chi connectivity index (χ2n) is 6.51. The van der Waals surface area contributed by atoms with Crippen LogP contribution >= 0.6 is 12.6 Å². The predicted molar refractivity (Wildman–Crippen MR) is 99.8 cm³/mol. The van der Waals surface area contributed by atoms with E-state index in [1.54, 1.807) is 32.0 Å². The number of alkyl halides is 1. The SMILES string of the molecule is C/C(N)=C(/S)COc1ccc2oc(C)c(C(=O)NCC(C)(C)F)c2c1. The molecule has 0 aliphatic rings. The lowest BCUT2D eigenvalue weighted by molar-refractivity contribution is 0.0920. The number of amides is 1. The van der Waals surface area contributed by atoms with E-state index in [1.807, 2.05) is 0 Å². The van der Waals surface area contributed by atoms with E-state index in [-0.39, 0.29) is 19.1 Å². The van der Waals surface area contributed by atoms with Crippen LogP contribution in [0.15, 0.2) is 33.2 Å². The summed E-state index contributed by atoms with van der Waals surface area (Å²) in [7, 11) is 0. The number of thiol groups is 1. The van der Waals surface area contributed by atoms with E-state index in [0.29, 0.717) is 38.6 Å². The Morgan fingerprint density at radius 2 is 2.12 bits per heavy atom. The fourth-order valence-corrected chi connectivity index (χ4v) is 2.28. The molecule has 0 aliphatic carbocycles. The summed E-state index contributed by atoms with van der Waals surface area (Å²) in [6, 6.07) is 5.18. The Bertz CT molecular complexity index is 818. The Morgan fingerprint density at radius 1 is 1.44 bits per heavy atom. The fourth-order valence-electron chi connectivity index (χ4n) is 2.22. The third-order valence-electron chi connectivity index (χ3n) is 3.56. The Kier molecular flexibility index (Phi) is 5.67. The van der Waals surface area contributed by atoms with Crippen molar-refractivity contribution in [3.8, 4) is 5.75 Å². The predicted octanol–water partition coefficient (Wildman–Crippen LogP) is 3.72. The van der Waals surface area contributed by atoms with Crippen LogP contribution in [-0.4, -0.2) is 24.7 Å². The lowest BCUT2D eigenvalue weighted by atomic mass is 10.1. The van der Waals surface area contributed by atoms with Crippen LogP contribution in [0.25, 0.3) is 11.0 Å². The number of carbonyl (C=O) groups excluding carboxylic acids is 1. The van der Waals surface area contributed by atoms with E-state index in [2.05, 4.69) is 17.9 Å². The number of furan rings is 1. The van der Waals surface area contributed by atoms with Crippen molar-refractivity contribution < 1.29 is 18.3 Å². The summed E-state index contributed by atoms with van der Waals surface area (Å²) < 4.78 is 24.9. The molecule has 2 rings (SSSR count). The van der Waals surface area contributed by atoms with E-state index in [0.717, 1.165) is 0 Å². The summed E-state index contributed by atoms with van der Waals surface area (Å²) in [5.74, 6) is 0.640. The first kappa shape index (κ1) is 19.2. The third-order valence-corrected chi connectivity index (χ3v) is 4.04. The van der Waals surface area contributed by atoms with Crippen molar-refractivity contribution in [3.05, 3.63) is 40.1 Å². The van der Waals surface area contributed by atoms with Gasteiger partial charge in [0.05, 0.1) is 12.1 Å². The average Bonchev–Trinajstić information content (AvgIpc) is 2.84. The van der Waals surface area contributed by atoms with Gasteiger partial charge in [0.2, 0.25) is 0 Å². The van der Waals surface area contributed by atoms with Crippen molar-refractivity contribution in [3.63, 3.8) is 0 Å². The van der Waals surface area contributed by atoms with Crippen LogP contribution in [0.4, 0.5) is 4.39 Å². The summed E-state index contributed by atoms with van der Waals surface area (Å²) in [6.45, 7) is 6.39. The molecule has 1 amide bonds. The molecule has 7 heteroatoms. The van der Waals surface area contributed by atoms with Crippen molar-refractivity contribution in [2.75, 3.05) is 13.2 Å². The van der Waals surface area contributed by atoms with Crippen LogP contribution in [-0.2, 0) is 0 Å². The number of nitrogens with two attached hydrogens (primary N) is 1. The van der Waals surface area contributed by atoms with E-state index in [4.69, 9.17) is 14.9 Å². The molecule has 1 aromatic carbocycles. The summed E-state index contributed by atoms with van der Waals surface area (Å²) in [6.07, 6.45) is 0. The van der Waals surface area contributed by atoms with Crippen LogP contribution in [0, 0.1) is 6.92 Å². The summed E-state index contributed by atoms with van der Waals surface area (Å²) in [5, 5.41) is 3.20. The molecule has 25 heavy (non-hydrogen) atoms. The van der Waals surface area contributed by atoms with Crippen molar-refractivity contribution in [2.24, 2.45) is 5.73 Å². The molecule has 0 radical (unpaired) electrons. The Hall–Kier alpha value is -2.15. The second-order valence-corrected chi connectivity index (χ2v) is 7.05. The molecule has 0 fully saturated rings. The molecular weight excluding hydrogens is 343 g/mol. The van der Waals surface area contributed by atoms with Gasteiger partial charge in [-0.05, 0) is 45.9 Å². The van der Waals surface area contributed by atoms with Gasteiger partial charge in [0.25, 0.3) is 5.91 Å². The quantitative estimate of drug-likeness (QED) is 0.681. The lowest BCUT2D eigenvalue weighted by Crippen LogP contribution is -2.35. The molecule has 2 aromatic rings. The van der Waals surface area contributed by atoms with Crippen molar-refractivity contribution in [2.45, 2.75) is 33.4 Å². The molecule has 0 saturated carbocycles. The zero-order valence-corrected chi connectivity index (χ0v) is 15.7. The monoisotopic (exact) mass is 366 g/mol. The lowest BCUT2D eigenvalue weighted by Gasteiger charge is -2.14. The van der Waals surface area contributed by atoms with Crippen molar-refractivity contribution >= 4 is 29.5 Å². The molecule has 1 heterocycles. The van der Waals surface area contributed by atoms with Gasteiger partial charge in [-0.25, -0.2) is 4.39 Å². The van der Waals surface area contributed by atoms with E-state index < -0.39 is 5.67 Å². The largest absolute Gasteiger partial charge is 0.488 e. The topological polar surface area (TPSA) is 77.5 Å². The highest BCUT2D eigenvalue weighted by Gasteiger charge is 2.22. The smallest absolute Gasteiger partial charge is 0.255 e. The maximum Gasteiger partial charge on any atom is 0.255 e. The highest BCUT2D eigenvalue weighted by atomic mass is 32.1. The number of hydrogen-bond acceptors (Lipinski definition) is 5. The fraction of sp³-hybridized carbons (Fsp3) is 0.389. The number of ether oxygens (including phenoxy) is 1. The Labute approximate surface area is 151 Å². The number of fused-ring (bicyclic) bond motifs is 1. The number of rotatable bonds is 6. The normalized spacial score (nSPS) is 12.9. The number of carbonyl (C=O) groups is 1. The van der Waals surface area contributed by atoms with Gasteiger partial charge in [-0.3, -0.25) is 4.79 Å². The maximum atomic E-state index is 13.6. The number of halogens is 1. The van der Waals surface area contributed by atoms with Crippen LogP contribution in [0.1, 0.15) is 36.9 Å². The van der Waals surface area contributed by atoms with E-state index in [9.17, 15) is 9.18 Å². The van der Waals surface area contributed by atoms with Gasteiger partial charge < -0.3 is 20.2 Å². The van der Waals surface area contributed by atoms with Crippen LogP contribution in [0.5, 0.6) is 5.75 Å². The van der Waals surface area contributed by atoms with Gasteiger partial charge in [0.15, 0.2) is 0 Å². The van der Waals surface area contributed by atoms with Gasteiger partial charge >= 0.3 is 0 Å². The van der Waals surface area contributed by atoms with E-state index >= 15 is 0 Å². The molecule has 0 aliphatic heterocycles. The first-order chi connectivity index (χ1) is 11.6. The second kappa shape index (κ2) is 7.39. The van der Waals surface area contributed by atoms with Crippen LogP contribution in [0.2, 0.25) is 0 Å². The average molecular weight is 366 g/mol. The standard InChI is InChI=1S/C18H23FN2O3S/c1-10(20)15(25)8-23-12-5-6-14-13(7-12)16(11(2)24-14)17(22)21-9-18(3,4)19/h5-7,25H,8-9,20H2,1-4H3,(H,21,22)/b15-10-. The molecule has 136 valence electrons. The minimum Gasteiger partial charge on any atom is -0.488 e. The van der Waals surface area contributed by atoms with Gasteiger partial charge in [-0.2, -0.15) is 0 Å². The minimum atomic E-state index is -1.49. The zero-order chi connectivity index (χ0) is 18.8. The van der Waals surface area contributed by atoms with Crippen LogP contribution in [0.3, 0.4) is 0 Å². The Balaban J connectivity index is 2.28. The van der Waals surface area contributed by atoms with Gasteiger partial charge in [0, 0.05) is 16.0 Å². The van der Waals surface area contributed by atoms with Crippen molar-refractivity contribution in [1.29, 1.82) is 0 Å². The molecule has 0 saturated heterocycles. The van der Waals surface area contributed by atoms with Gasteiger partial charge in [-0.15, -0.1) is 12.6 Å². The molecule has 0 bridgehead atoms. The van der Waals surface area contributed by atoms with Crippen molar-refractivity contribution in [1.82, 2.24) is 5.32 Å². The molecular formula is C18H23FN2O3S. The van der Waals surface area contributed by atoms with Crippen LogP contribution < -0.4 is 15.8 Å². The molecule has 1 aromatic heterocycles. The summed E-state index contributed by atoms with van der Waals surface area (Å²) in [4.78, 5) is 13.1. The maximum absolute atomic E-state index is 13.6. The molecule has 0 spiro atoms. The number of allylic oxidation sites excluding steroid dienone is 1. The summed E-state index contributed by atoms with van der Waals surface area (Å²) in [5.41, 5.74) is 5.68. The number of benzene rings is 1. The highest BCUT2D eigenvalue weighted by Crippen LogP contribution is 2.29. The number of hydrogen-bond donors (Lipinski definition) is 3. The van der Waals surface area contributed by atoms with Gasteiger partial charge in [0.1, 0.15) is 29.4 Å². The molecule has 0 atom stereocenters. The molecule has 5 nitrogen and oxygen atoms in total. The summed E-state index contributed by atoms with van der Waals surface area (Å²) >= 11 is 4.25. The molecule has 3 N–H and O–H groups in total. The first-order valence-corrected chi connectivity index (χ1v) is 8.30. The molecule has 0 unspecified atom stereocenters. The minimum absolute atomic E-state index is 0.0856. The number of aryl methyl sites for hydroxylation is 1. The Morgan fingerprint density at radius 3 is 2.72 bits per heavy atom. The first-order valence-electron chi connectivity index (χ1n) is 7.86. The highest BCUT2D eigenvalue weighted by molar-refractivity contribution is 7.84. The van der Waals surface area contributed by atoms with E-state index in [1.165, 1.54) is 13.8 Å². The zero-order valence-electron chi connectivity index (χ0n) is 14.8.